The summed E-state index contributed by atoms with van der Waals surface area (Å²) in [6.45, 7) is 5.94. The van der Waals surface area contributed by atoms with E-state index in [4.69, 9.17) is 0 Å². The Morgan fingerprint density at radius 3 is 2.96 bits per heavy atom. The summed E-state index contributed by atoms with van der Waals surface area (Å²) >= 11 is 0. The molecule has 0 bridgehead atoms. The van der Waals surface area contributed by atoms with Crippen LogP contribution in [0.1, 0.15) is 52.9 Å². The summed E-state index contributed by atoms with van der Waals surface area (Å²) in [4.78, 5) is 12.5. The van der Waals surface area contributed by atoms with E-state index >= 15 is 0 Å². The van der Waals surface area contributed by atoms with Gasteiger partial charge in [-0.3, -0.25) is 9.48 Å². The van der Waals surface area contributed by atoms with Crippen molar-refractivity contribution in [2.75, 3.05) is 5.32 Å². The van der Waals surface area contributed by atoms with Crippen LogP contribution in [-0.2, 0) is 13.5 Å². The van der Waals surface area contributed by atoms with Gasteiger partial charge < -0.3 is 5.32 Å². The van der Waals surface area contributed by atoms with E-state index in [2.05, 4.69) is 23.9 Å². The third kappa shape index (κ3) is 3.21. The molecule has 0 fully saturated rings. The Labute approximate surface area is 145 Å². The average Bonchev–Trinajstić information content (AvgIpc) is 2.91. The molecule has 4 nitrogen and oxygen atoms in total. The highest BCUT2D eigenvalue weighted by molar-refractivity contribution is 6.05. The SMILES string of the molecule is C=CCC(C)C1Cc2cccc(NC(=O)c3cn(C)nc3C(F)F)c21. The molecule has 6 heteroatoms. The van der Waals surface area contributed by atoms with Crippen LogP contribution in [0.3, 0.4) is 0 Å². The summed E-state index contributed by atoms with van der Waals surface area (Å²) in [5.41, 5.74) is 2.40. The Kier molecular flexibility index (Phi) is 4.70. The number of nitrogens with one attached hydrogen (secondary N) is 1. The van der Waals surface area contributed by atoms with Crippen molar-refractivity contribution < 1.29 is 13.6 Å². The number of hydrogen-bond donors (Lipinski definition) is 1. The molecule has 0 aliphatic heterocycles. The van der Waals surface area contributed by atoms with Gasteiger partial charge in [0.2, 0.25) is 0 Å². The largest absolute Gasteiger partial charge is 0.322 e. The smallest absolute Gasteiger partial charge is 0.282 e. The van der Waals surface area contributed by atoms with Crippen molar-refractivity contribution in [1.29, 1.82) is 0 Å². The molecule has 0 saturated carbocycles. The molecule has 0 radical (unpaired) electrons. The van der Waals surface area contributed by atoms with Gasteiger partial charge in [0.15, 0.2) is 0 Å². The van der Waals surface area contributed by atoms with Gasteiger partial charge in [-0.2, -0.15) is 5.10 Å². The van der Waals surface area contributed by atoms with Gasteiger partial charge in [-0.15, -0.1) is 6.58 Å². The maximum Gasteiger partial charge on any atom is 0.282 e. The summed E-state index contributed by atoms with van der Waals surface area (Å²) in [5.74, 6) is 0.199. The van der Waals surface area contributed by atoms with Gasteiger partial charge >= 0.3 is 0 Å². The first-order valence-electron chi connectivity index (χ1n) is 8.28. The molecule has 0 spiro atoms. The molecule has 132 valence electrons. The van der Waals surface area contributed by atoms with Crippen LogP contribution in [-0.4, -0.2) is 15.7 Å². The number of anilines is 1. The monoisotopic (exact) mass is 345 g/mol. The lowest BCUT2D eigenvalue weighted by molar-refractivity contribution is 0.101. The van der Waals surface area contributed by atoms with E-state index in [-0.39, 0.29) is 5.56 Å². The second-order valence-electron chi connectivity index (χ2n) is 6.55. The number of halogens is 2. The highest BCUT2D eigenvalue weighted by Crippen LogP contribution is 2.45. The molecule has 0 saturated heterocycles. The van der Waals surface area contributed by atoms with Crippen molar-refractivity contribution in [3.05, 3.63) is 59.4 Å². The molecule has 1 amide bonds. The maximum absolute atomic E-state index is 13.1. The Morgan fingerprint density at radius 1 is 1.52 bits per heavy atom. The molecule has 1 N–H and O–H groups in total. The maximum atomic E-state index is 13.1. The molecule has 1 heterocycles. The lowest BCUT2D eigenvalue weighted by Crippen LogP contribution is -2.26. The summed E-state index contributed by atoms with van der Waals surface area (Å²) in [6, 6.07) is 5.73. The third-order valence-electron chi connectivity index (χ3n) is 4.79. The molecule has 3 rings (SSSR count). The van der Waals surface area contributed by atoms with Crippen LogP contribution in [0.4, 0.5) is 14.5 Å². The van der Waals surface area contributed by atoms with Gasteiger partial charge in [-0.25, -0.2) is 8.78 Å². The van der Waals surface area contributed by atoms with E-state index in [1.165, 1.54) is 23.5 Å². The van der Waals surface area contributed by atoms with E-state index in [9.17, 15) is 13.6 Å². The van der Waals surface area contributed by atoms with Crippen LogP contribution in [0.2, 0.25) is 0 Å². The minimum absolute atomic E-state index is 0.0925. The summed E-state index contributed by atoms with van der Waals surface area (Å²) in [7, 11) is 1.52. The Hall–Kier alpha value is -2.50. The average molecular weight is 345 g/mol. The van der Waals surface area contributed by atoms with Crippen LogP contribution in [0, 0.1) is 5.92 Å². The number of rotatable bonds is 6. The highest BCUT2D eigenvalue weighted by atomic mass is 19.3. The Bertz CT molecular complexity index is 813. The van der Waals surface area contributed by atoms with Gasteiger partial charge in [-0.05, 0) is 41.9 Å². The van der Waals surface area contributed by atoms with Gasteiger partial charge in [-0.1, -0.05) is 25.1 Å². The van der Waals surface area contributed by atoms with Gasteiger partial charge in [0.25, 0.3) is 12.3 Å². The fourth-order valence-electron chi connectivity index (χ4n) is 3.49. The lowest BCUT2D eigenvalue weighted by Gasteiger charge is -2.36. The van der Waals surface area contributed by atoms with E-state index in [0.717, 1.165) is 18.4 Å². The van der Waals surface area contributed by atoms with E-state index < -0.39 is 18.0 Å². The molecule has 2 atom stereocenters. The number of aryl methyl sites for hydroxylation is 1. The van der Waals surface area contributed by atoms with Gasteiger partial charge in [0.1, 0.15) is 5.69 Å². The van der Waals surface area contributed by atoms with Crippen molar-refractivity contribution in [3.8, 4) is 0 Å². The molecule has 2 unspecified atom stereocenters. The van der Waals surface area contributed by atoms with Gasteiger partial charge in [0, 0.05) is 18.9 Å². The van der Waals surface area contributed by atoms with Crippen LogP contribution in [0.5, 0.6) is 0 Å². The van der Waals surface area contributed by atoms with Crippen molar-refractivity contribution in [2.45, 2.75) is 32.1 Å². The molecule has 1 aliphatic carbocycles. The van der Waals surface area contributed by atoms with E-state index in [1.54, 1.807) is 0 Å². The number of aromatic nitrogens is 2. The minimum Gasteiger partial charge on any atom is -0.322 e. The number of nitrogens with zero attached hydrogens (tertiary/aromatic N) is 2. The molecular weight excluding hydrogens is 324 g/mol. The van der Waals surface area contributed by atoms with Gasteiger partial charge in [0.05, 0.1) is 5.56 Å². The van der Waals surface area contributed by atoms with Crippen molar-refractivity contribution in [3.63, 3.8) is 0 Å². The summed E-state index contributed by atoms with van der Waals surface area (Å²) < 4.78 is 27.4. The van der Waals surface area contributed by atoms with E-state index in [0.29, 0.717) is 17.5 Å². The van der Waals surface area contributed by atoms with Crippen LogP contribution in [0.15, 0.2) is 37.1 Å². The molecule has 25 heavy (non-hydrogen) atoms. The number of fused-ring (bicyclic) bond motifs is 1. The standard InChI is InChI=1S/C19H21F2N3O/c1-4-6-11(2)13-9-12-7-5-8-15(16(12)13)22-19(25)14-10-24(3)23-17(14)18(20)21/h4-5,7-8,10-11,13,18H,1,6,9H2,2-3H3,(H,22,25). The molecular formula is C19H21F2N3O. The number of carbonyl (C=O) groups excluding carboxylic acids is 1. The number of benzene rings is 1. The van der Waals surface area contributed by atoms with Crippen LogP contribution in [0.25, 0.3) is 0 Å². The third-order valence-corrected chi connectivity index (χ3v) is 4.79. The fourth-order valence-corrected chi connectivity index (χ4v) is 3.49. The van der Waals surface area contributed by atoms with Crippen molar-refractivity contribution in [1.82, 2.24) is 9.78 Å². The second-order valence-corrected chi connectivity index (χ2v) is 6.55. The minimum atomic E-state index is -2.79. The van der Waals surface area contributed by atoms with Crippen molar-refractivity contribution in [2.24, 2.45) is 13.0 Å². The fraction of sp³-hybridized carbons (Fsp3) is 0.368. The molecule has 1 aliphatic rings. The quantitative estimate of drug-likeness (QED) is 0.786. The first-order valence-corrected chi connectivity index (χ1v) is 8.28. The molecule has 2 aromatic rings. The highest BCUT2D eigenvalue weighted by Gasteiger charge is 2.33. The first kappa shape index (κ1) is 17.3. The first-order chi connectivity index (χ1) is 11.9. The van der Waals surface area contributed by atoms with Crippen LogP contribution >= 0.6 is 0 Å². The summed E-state index contributed by atoms with van der Waals surface area (Å²) in [5, 5.41) is 6.49. The van der Waals surface area contributed by atoms with Crippen molar-refractivity contribution >= 4 is 11.6 Å². The number of amides is 1. The number of hydrogen-bond acceptors (Lipinski definition) is 2. The zero-order valence-corrected chi connectivity index (χ0v) is 14.3. The molecule has 1 aromatic heterocycles. The summed E-state index contributed by atoms with van der Waals surface area (Å²) in [6.07, 6.45) is 2.28. The molecule has 1 aromatic carbocycles. The Balaban J connectivity index is 1.87. The van der Waals surface area contributed by atoms with Crippen LogP contribution < -0.4 is 5.32 Å². The normalized spacial score (nSPS) is 16.9. The number of alkyl halides is 2. The lowest BCUT2D eigenvalue weighted by atomic mass is 9.69. The predicted octanol–water partition coefficient (Wildman–Crippen LogP) is 4.46. The zero-order chi connectivity index (χ0) is 18.1. The Morgan fingerprint density at radius 2 is 2.28 bits per heavy atom. The predicted molar refractivity (Wildman–Crippen MR) is 93.0 cm³/mol. The topological polar surface area (TPSA) is 46.9 Å². The number of carbonyl (C=O) groups is 1. The number of allylic oxidation sites excluding steroid dienone is 1. The van der Waals surface area contributed by atoms with E-state index in [1.807, 2.05) is 24.3 Å². The second kappa shape index (κ2) is 6.78. The zero-order valence-electron chi connectivity index (χ0n) is 14.3.